The molecule has 0 aromatic heterocycles. The molecule has 1 aliphatic carbocycles. The van der Waals surface area contributed by atoms with Crippen molar-refractivity contribution in [2.45, 2.75) is 18.9 Å². The van der Waals surface area contributed by atoms with E-state index in [-0.39, 0.29) is 0 Å². The first-order valence-electron chi connectivity index (χ1n) is 4.33. The average Bonchev–Trinajstić information content (AvgIpc) is 2.71. The summed E-state index contributed by atoms with van der Waals surface area (Å²) in [5.41, 5.74) is 0. The number of carbonyl (C=O) groups excluding carboxylic acids is 1. The number of nitrogens with zero attached hydrogens (tertiary/aromatic N) is 1. The highest BCUT2D eigenvalue weighted by Gasteiger charge is 2.30. The first-order chi connectivity index (χ1) is 5.36. The van der Waals surface area contributed by atoms with Crippen LogP contribution < -0.4 is 5.32 Å². The monoisotopic (exact) mass is 154 g/mol. The minimum absolute atomic E-state index is 0.342. The fourth-order valence-corrected chi connectivity index (χ4v) is 1.56. The molecule has 0 amide bonds. The third kappa shape index (κ3) is 1.79. The molecule has 1 aliphatic heterocycles. The molecule has 1 saturated heterocycles. The lowest BCUT2D eigenvalue weighted by Crippen LogP contribution is -2.32. The number of carbonyl (C=O) groups is 1. The van der Waals surface area contributed by atoms with Crippen LogP contribution >= 0.6 is 0 Å². The van der Waals surface area contributed by atoms with Gasteiger partial charge in [0.25, 0.3) is 0 Å². The number of ketones is 1. The fraction of sp³-hybridized carbons (Fsp3) is 0.875. The Hall–Kier alpha value is -0.410. The third-order valence-corrected chi connectivity index (χ3v) is 2.34. The Balaban J connectivity index is 1.91. The molecule has 3 nitrogen and oxygen atoms in total. The van der Waals surface area contributed by atoms with Crippen LogP contribution in [0.3, 0.4) is 0 Å². The largest absolute Gasteiger partial charge is 0.309 e. The molecule has 3 heteroatoms. The summed E-state index contributed by atoms with van der Waals surface area (Å²) in [6.45, 7) is 3.28. The van der Waals surface area contributed by atoms with Crippen LogP contribution in [-0.2, 0) is 4.79 Å². The van der Waals surface area contributed by atoms with Crippen LogP contribution in [0.1, 0.15) is 12.8 Å². The number of hydrogen-bond donors (Lipinski definition) is 1. The van der Waals surface area contributed by atoms with Crippen molar-refractivity contribution in [1.82, 2.24) is 10.2 Å². The van der Waals surface area contributed by atoms with Crippen molar-refractivity contribution in [3.05, 3.63) is 0 Å². The van der Waals surface area contributed by atoms with Crippen LogP contribution in [0.2, 0.25) is 0 Å². The highest BCUT2D eigenvalue weighted by atomic mass is 16.1. The summed E-state index contributed by atoms with van der Waals surface area (Å²) in [5.74, 6) is 0.342. The zero-order valence-corrected chi connectivity index (χ0v) is 6.68. The van der Waals surface area contributed by atoms with E-state index in [1.165, 1.54) is 12.8 Å². The molecule has 1 heterocycles. The highest BCUT2D eigenvalue weighted by Crippen LogP contribution is 2.26. The lowest BCUT2D eigenvalue weighted by Gasteiger charge is -2.16. The molecule has 0 bridgehead atoms. The molecule has 0 unspecified atom stereocenters. The summed E-state index contributed by atoms with van der Waals surface area (Å²) >= 11 is 0. The van der Waals surface area contributed by atoms with Crippen molar-refractivity contribution in [1.29, 1.82) is 0 Å². The Bertz CT molecular complexity index is 165. The predicted octanol–water partition coefficient (Wildman–Crippen LogP) is -0.377. The van der Waals surface area contributed by atoms with Crippen molar-refractivity contribution in [2.75, 3.05) is 26.2 Å². The fourth-order valence-electron chi connectivity index (χ4n) is 1.56. The summed E-state index contributed by atoms with van der Waals surface area (Å²) in [5, 5.41) is 3.12. The molecule has 2 fully saturated rings. The first-order valence-corrected chi connectivity index (χ1v) is 4.33. The Kier molecular flexibility index (Phi) is 1.92. The summed E-state index contributed by atoms with van der Waals surface area (Å²) in [6.07, 6.45) is 2.60. The molecule has 2 rings (SSSR count). The molecule has 0 atom stereocenters. The smallest absolute Gasteiger partial charge is 0.160 e. The molecule has 0 spiro atoms. The molecule has 0 aromatic rings. The Morgan fingerprint density at radius 2 is 2.27 bits per heavy atom. The summed E-state index contributed by atoms with van der Waals surface area (Å²) < 4.78 is 0. The van der Waals surface area contributed by atoms with Crippen LogP contribution in [-0.4, -0.2) is 42.9 Å². The minimum Gasteiger partial charge on any atom is -0.309 e. The van der Waals surface area contributed by atoms with Crippen molar-refractivity contribution in [2.24, 2.45) is 0 Å². The van der Waals surface area contributed by atoms with E-state index in [0.29, 0.717) is 18.9 Å². The van der Waals surface area contributed by atoms with Crippen LogP contribution in [0.5, 0.6) is 0 Å². The predicted molar refractivity (Wildman–Crippen MR) is 42.5 cm³/mol. The minimum atomic E-state index is 0.342. The van der Waals surface area contributed by atoms with E-state index in [1.807, 2.05) is 0 Å². The Morgan fingerprint density at radius 1 is 1.45 bits per heavy atom. The van der Waals surface area contributed by atoms with E-state index in [2.05, 4.69) is 10.2 Å². The van der Waals surface area contributed by atoms with Gasteiger partial charge in [-0.3, -0.25) is 9.69 Å². The van der Waals surface area contributed by atoms with Gasteiger partial charge in [-0.25, -0.2) is 0 Å². The van der Waals surface area contributed by atoms with E-state index in [1.54, 1.807) is 0 Å². The highest BCUT2D eigenvalue weighted by molar-refractivity contribution is 5.82. The molecule has 2 aliphatic rings. The summed E-state index contributed by atoms with van der Waals surface area (Å²) in [6, 6.07) is 0.735. The van der Waals surface area contributed by atoms with Gasteiger partial charge in [-0.15, -0.1) is 0 Å². The third-order valence-electron chi connectivity index (χ3n) is 2.34. The van der Waals surface area contributed by atoms with Crippen LogP contribution in [0.4, 0.5) is 0 Å². The quantitative estimate of drug-likeness (QED) is 0.559. The molecule has 62 valence electrons. The maximum absolute atomic E-state index is 11.1. The van der Waals surface area contributed by atoms with Gasteiger partial charge in [-0.2, -0.15) is 0 Å². The van der Waals surface area contributed by atoms with Gasteiger partial charge in [0.15, 0.2) is 5.78 Å². The van der Waals surface area contributed by atoms with E-state index in [4.69, 9.17) is 0 Å². The van der Waals surface area contributed by atoms with Crippen LogP contribution in [0.25, 0.3) is 0 Å². The van der Waals surface area contributed by atoms with Crippen molar-refractivity contribution in [3.8, 4) is 0 Å². The average molecular weight is 154 g/mol. The van der Waals surface area contributed by atoms with Crippen LogP contribution in [0, 0.1) is 0 Å². The first kappa shape index (κ1) is 7.25. The van der Waals surface area contributed by atoms with Crippen LogP contribution in [0.15, 0.2) is 0 Å². The van der Waals surface area contributed by atoms with Crippen molar-refractivity contribution >= 4 is 5.78 Å². The number of hydrogen-bond acceptors (Lipinski definition) is 3. The standard InChI is InChI=1S/C8H14N2O/c11-8-5-9-3-4-10(6-8)7-1-2-7/h7,9H,1-6H2. The van der Waals surface area contributed by atoms with Crippen molar-refractivity contribution < 1.29 is 4.79 Å². The topological polar surface area (TPSA) is 32.3 Å². The lowest BCUT2D eigenvalue weighted by molar-refractivity contribution is -0.118. The second-order valence-electron chi connectivity index (χ2n) is 3.42. The van der Waals surface area contributed by atoms with Gasteiger partial charge in [-0.05, 0) is 12.8 Å². The molecule has 11 heavy (non-hydrogen) atoms. The normalized spacial score (nSPS) is 28.5. The van der Waals surface area contributed by atoms with Crippen molar-refractivity contribution in [3.63, 3.8) is 0 Å². The number of Topliss-reactive ketones (excluding diaryl/α,β-unsaturated/α-hetero) is 1. The van der Waals surface area contributed by atoms with Gasteiger partial charge in [0.1, 0.15) is 0 Å². The zero-order valence-electron chi connectivity index (χ0n) is 6.68. The maximum Gasteiger partial charge on any atom is 0.160 e. The zero-order chi connectivity index (χ0) is 7.68. The SMILES string of the molecule is O=C1CNCCN(C2CC2)C1. The van der Waals surface area contributed by atoms with E-state index < -0.39 is 0 Å². The van der Waals surface area contributed by atoms with Gasteiger partial charge < -0.3 is 5.32 Å². The lowest BCUT2D eigenvalue weighted by atomic mass is 10.3. The number of nitrogens with one attached hydrogen (secondary N) is 1. The van der Waals surface area contributed by atoms with Gasteiger partial charge in [0.2, 0.25) is 0 Å². The number of rotatable bonds is 1. The summed E-state index contributed by atoms with van der Waals surface area (Å²) in [4.78, 5) is 13.4. The molecule has 0 aromatic carbocycles. The summed E-state index contributed by atoms with van der Waals surface area (Å²) in [7, 11) is 0. The molecular weight excluding hydrogens is 140 g/mol. The molecule has 0 radical (unpaired) electrons. The maximum atomic E-state index is 11.1. The second-order valence-corrected chi connectivity index (χ2v) is 3.42. The van der Waals surface area contributed by atoms with E-state index in [0.717, 1.165) is 19.1 Å². The molecular formula is C8H14N2O. The van der Waals surface area contributed by atoms with Gasteiger partial charge in [0.05, 0.1) is 13.1 Å². The Labute approximate surface area is 66.8 Å². The second kappa shape index (κ2) is 2.91. The Morgan fingerprint density at radius 3 is 3.00 bits per heavy atom. The van der Waals surface area contributed by atoms with Gasteiger partial charge >= 0.3 is 0 Å². The van der Waals surface area contributed by atoms with Gasteiger partial charge in [-0.1, -0.05) is 0 Å². The van der Waals surface area contributed by atoms with Gasteiger partial charge in [0, 0.05) is 19.1 Å². The van der Waals surface area contributed by atoms with E-state index in [9.17, 15) is 4.79 Å². The molecule has 1 N–H and O–H groups in total. The van der Waals surface area contributed by atoms with E-state index >= 15 is 0 Å². The molecule has 1 saturated carbocycles.